The maximum absolute atomic E-state index is 11.7. The van der Waals surface area contributed by atoms with Gasteiger partial charge in [0.1, 0.15) is 5.65 Å². The van der Waals surface area contributed by atoms with Crippen LogP contribution < -0.4 is 4.90 Å². The van der Waals surface area contributed by atoms with Gasteiger partial charge < -0.3 is 14.9 Å². The molecule has 0 saturated heterocycles. The quantitative estimate of drug-likeness (QED) is 0.863. The van der Waals surface area contributed by atoms with Gasteiger partial charge in [-0.15, -0.1) is 0 Å². The van der Waals surface area contributed by atoms with E-state index in [9.17, 15) is 9.90 Å². The molecule has 0 aliphatic rings. The topological polar surface area (TPSA) is 61.1 Å². The molecule has 0 unspecified atom stereocenters. The summed E-state index contributed by atoms with van der Waals surface area (Å²) < 4.78 is 1.83. The van der Waals surface area contributed by atoms with Crippen molar-refractivity contribution in [2.75, 3.05) is 32.6 Å². The zero-order chi connectivity index (χ0) is 14.0. The molecule has 0 atom stereocenters. The predicted molar refractivity (Wildman–Crippen MR) is 73.1 cm³/mol. The van der Waals surface area contributed by atoms with E-state index in [-0.39, 0.29) is 19.1 Å². The molecule has 1 N–H and O–H groups in total. The lowest BCUT2D eigenvalue weighted by Gasteiger charge is -2.19. The van der Waals surface area contributed by atoms with E-state index in [1.165, 1.54) is 4.90 Å². The molecule has 2 aromatic heterocycles. The molecule has 0 fully saturated rings. The average molecular weight is 262 g/mol. The van der Waals surface area contributed by atoms with Gasteiger partial charge in [0.2, 0.25) is 5.91 Å². The predicted octanol–water partition coefficient (Wildman–Crippen LogP) is 0.351. The van der Waals surface area contributed by atoms with Crippen LogP contribution in [0, 0.1) is 0 Å². The van der Waals surface area contributed by atoms with E-state index in [1.54, 1.807) is 26.0 Å². The number of aliphatic hydroxyl groups is 1. The van der Waals surface area contributed by atoms with E-state index in [0.29, 0.717) is 11.5 Å². The number of carbonyl (C=O) groups is 1. The lowest BCUT2D eigenvalue weighted by Crippen LogP contribution is -2.34. The van der Waals surface area contributed by atoms with Crippen LogP contribution >= 0.6 is 0 Å². The van der Waals surface area contributed by atoms with E-state index in [1.807, 2.05) is 28.8 Å². The number of likely N-dealkylation sites (N-methyl/N-ethyl adjacent to an activating group) is 2. The van der Waals surface area contributed by atoms with Gasteiger partial charge in [-0.1, -0.05) is 6.07 Å². The number of carbonyl (C=O) groups excluding carboxylic acids is 1. The molecular weight excluding hydrogens is 244 g/mol. The Labute approximate surface area is 111 Å². The molecule has 2 aromatic rings. The molecule has 102 valence electrons. The van der Waals surface area contributed by atoms with Crippen LogP contribution in [0.4, 0.5) is 5.82 Å². The second-order valence-corrected chi connectivity index (χ2v) is 4.61. The number of nitrogens with zero attached hydrogens (tertiary/aromatic N) is 4. The van der Waals surface area contributed by atoms with Gasteiger partial charge in [-0.2, -0.15) is 0 Å². The third kappa shape index (κ3) is 2.53. The standard InChI is InChI=1S/C13H18N4O2/c1-15(2)12(19)8-16(3)13-10(9-18)17-7-5-4-6-11(17)14-13/h4-7,18H,8-9H2,1-3H3. The summed E-state index contributed by atoms with van der Waals surface area (Å²) in [5.41, 5.74) is 1.44. The van der Waals surface area contributed by atoms with Gasteiger partial charge in [0.25, 0.3) is 0 Å². The van der Waals surface area contributed by atoms with E-state index >= 15 is 0 Å². The van der Waals surface area contributed by atoms with Gasteiger partial charge in [-0.3, -0.25) is 9.20 Å². The van der Waals surface area contributed by atoms with Crippen LogP contribution in [0.3, 0.4) is 0 Å². The van der Waals surface area contributed by atoms with Crippen LogP contribution in [0.25, 0.3) is 5.65 Å². The Morgan fingerprint density at radius 1 is 1.37 bits per heavy atom. The zero-order valence-electron chi connectivity index (χ0n) is 11.4. The van der Waals surface area contributed by atoms with Crippen molar-refractivity contribution >= 4 is 17.4 Å². The SMILES string of the molecule is CN(C)C(=O)CN(C)c1nc2ccccn2c1CO. The van der Waals surface area contributed by atoms with Crippen molar-refractivity contribution < 1.29 is 9.90 Å². The molecular formula is C13H18N4O2. The van der Waals surface area contributed by atoms with Crippen LogP contribution in [0.1, 0.15) is 5.69 Å². The highest BCUT2D eigenvalue weighted by Gasteiger charge is 2.17. The number of hydrogen-bond acceptors (Lipinski definition) is 4. The highest BCUT2D eigenvalue weighted by molar-refractivity contribution is 5.81. The molecule has 0 spiro atoms. The fraction of sp³-hybridized carbons (Fsp3) is 0.385. The van der Waals surface area contributed by atoms with E-state index < -0.39 is 0 Å². The summed E-state index contributed by atoms with van der Waals surface area (Å²) in [6.45, 7) is 0.102. The van der Waals surface area contributed by atoms with Crippen LogP contribution in [0.2, 0.25) is 0 Å². The first-order valence-corrected chi connectivity index (χ1v) is 6.02. The van der Waals surface area contributed by atoms with Crippen molar-refractivity contribution in [3.63, 3.8) is 0 Å². The first kappa shape index (κ1) is 13.4. The smallest absolute Gasteiger partial charge is 0.241 e. The van der Waals surface area contributed by atoms with Gasteiger partial charge in [-0.05, 0) is 12.1 Å². The second-order valence-electron chi connectivity index (χ2n) is 4.61. The molecule has 0 aliphatic heterocycles. The lowest BCUT2D eigenvalue weighted by atomic mass is 10.4. The van der Waals surface area contributed by atoms with Crippen molar-refractivity contribution in [1.82, 2.24) is 14.3 Å². The molecule has 0 radical (unpaired) electrons. The minimum absolute atomic E-state index is 0.0107. The number of rotatable bonds is 4. The first-order valence-electron chi connectivity index (χ1n) is 6.02. The Bertz CT molecular complexity index is 591. The maximum Gasteiger partial charge on any atom is 0.241 e. The van der Waals surface area contributed by atoms with Crippen LogP contribution in [0.15, 0.2) is 24.4 Å². The summed E-state index contributed by atoms with van der Waals surface area (Å²) in [6, 6.07) is 5.63. The number of anilines is 1. The van der Waals surface area contributed by atoms with Crippen LogP contribution in [0.5, 0.6) is 0 Å². The number of amides is 1. The molecule has 0 aliphatic carbocycles. The van der Waals surface area contributed by atoms with Gasteiger partial charge in [0.05, 0.1) is 18.8 Å². The highest BCUT2D eigenvalue weighted by atomic mass is 16.3. The van der Waals surface area contributed by atoms with Gasteiger partial charge >= 0.3 is 0 Å². The summed E-state index contributed by atoms with van der Waals surface area (Å²) >= 11 is 0. The van der Waals surface area contributed by atoms with E-state index in [0.717, 1.165) is 5.65 Å². The normalized spacial score (nSPS) is 10.7. The monoisotopic (exact) mass is 262 g/mol. The Balaban J connectivity index is 2.36. The third-order valence-electron chi connectivity index (χ3n) is 2.99. The second kappa shape index (κ2) is 5.27. The molecule has 0 aromatic carbocycles. The van der Waals surface area contributed by atoms with Crippen LogP contribution in [-0.4, -0.2) is 53.0 Å². The number of aliphatic hydroxyl groups excluding tert-OH is 1. The molecule has 2 rings (SSSR count). The van der Waals surface area contributed by atoms with Gasteiger partial charge in [0, 0.05) is 27.3 Å². The number of aromatic nitrogens is 2. The van der Waals surface area contributed by atoms with E-state index in [2.05, 4.69) is 4.98 Å². The lowest BCUT2D eigenvalue weighted by molar-refractivity contribution is -0.127. The molecule has 0 bridgehead atoms. The zero-order valence-corrected chi connectivity index (χ0v) is 11.4. The summed E-state index contributed by atoms with van der Waals surface area (Å²) in [5, 5.41) is 9.51. The van der Waals surface area contributed by atoms with Crippen molar-refractivity contribution in [2.24, 2.45) is 0 Å². The molecule has 2 heterocycles. The molecule has 0 saturated carbocycles. The Hall–Kier alpha value is -2.08. The molecule has 1 amide bonds. The average Bonchev–Trinajstić information content (AvgIpc) is 2.76. The third-order valence-corrected chi connectivity index (χ3v) is 2.99. The molecule has 6 nitrogen and oxygen atoms in total. The number of pyridine rings is 1. The minimum atomic E-state index is -0.124. The Morgan fingerprint density at radius 2 is 2.11 bits per heavy atom. The molecule has 19 heavy (non-hydrogen) atoms. The maximum atomic E-state index is 11.7. The largest absolute Gasteiger partial charge is 0.390 e. The summed E-state index contributed by atoms with van der Waals surface area (Å²) in [7, 11) is 5.22. The number of fused-ring (bicyclic) bond motifs is 1. The summed E-state index contributed by atoms with van der Waals surface area (Å²) in [4.78, 5) is 19.5. The van der Waals surface area contributed by atoms with Crippen molar-refractivity contribution in [3.05, 3.63) is 30.1 Å². The van der Waals surface area contributed by atoms with Crippen molar-refractivity contribution in [1.29, 1.82) is 0 Å². The summed E-state index contributed by atoms with van der Waals surface area (Å²) in [6.07, 6.45) is 1.85. The number of imidazole rings is 1. The molecule has 6 heteroatoms. The Kier molecular flexibility index (Phi) is 3.71. The van der Waals surface area contributed by atoms with Gasteiger partial charge in [0.15, 0.2) is 5.82 Å². The highest BCUT2D eigenvalue weighted by Crippen LogP contribution is 2.20. The van der Waals surface area contributed by atoms with Crippen LogP contribution in [-0.2, 0) is 11.4 Å². The fourth-order valence-electron chi connectivity index (χ4n) is 1.91. The number of hydrogen-bond donors (Lipinski definition) is 1. The first-order chi connectivity index (χ1) is 9.04. The minimum Gasteiger partial charge on any atom is -0.390 e. The van der Waals surface area contributed by atoms with Gasteiger partial charge in [-0.25, -0.2) is 4.98 Å². The summed E-state index contributed by atoms with van der Waals surface area (Å²) in [5.74, 6) is 0.618. The van der Waals surface area contributed by atoms with E-state index in [4.69, 9.17) is 0 Å². The van der Waals surface area contributed by atoms with Crippen molar-refractivity contribution in [2.45, 2.75) is 6.61 Å². The fourth-order valence-corrected chi connectivity index (χ4v) is 1.91. The Morgan fingerprint density at radius 3 is 2.74 bits per heavy atom. The van der Waals surface area contributed by atoms with Crippen molar-refractivity contribution in [3.8, 4) is 0 Å².